The molecule has 2 aliphatic heterocycles. The Balaban J connectivity index is 1.50. The van der Waals surface area contributed by atoms with Crippen LogP contribution in [0.15, 0.2) is 78.8 Å². The summed E-state index contributed by atoms with van der Waals surface area (Å²) in [4.78, 5) is 41.3. The molecule has 2 amide bonds. The molecule has 0 atom stereocenters. The average molecular weight is 425 g/mol. The lowest BCUT2D eigenvalue weighted by Crippen LogP contribution is -2.48. The first-order valence-corrected chi connectivity index (χ1v) is 10.7. The maximum Gasteiger partial charge on any atom is 0.282 e. The summed E-state index contributed by atoms with van der Waals surface area (Å²) in [5.41, 5.74) is 3.27. The zero-order valence-electron chi connectivity index (χ0n) is 17.8. The minimum atomic E-state index is -0.282. The van der Waals surface area contributed by atoms with Gasteiger partial charge in [0.15, 0.2) is 0 Å². The number of aryl methyl sites for hydroxylation is 1. The first-order chi connectivity index (χ1) is 15.6. The highest BCUT2D eigenvalue weighted by molar-refractivity contribution is 6.45. The Labute approximate surface area is 186 Å². The SMILES string of the molecule is Cc1cccc(N2C(=O)C(c3ccccc3)=C(N3CCN(c4ncccn4)CC3)C2=O)c1. The van der Waals surface area contributed by atoms with Crippen LogP contribution >= 0.6 is 0 Å². The van der Waals surface area contributed by atoms with Gasteiger partial charge in [-0.05, 0) is 36.2 Å². The Hall–Kier alpha value is -4.00. The van der Waals surface area contributed by atoms with Gasteiger partial charge in [0.25, 0.3) is 11.8 Å². The smallest absolute Gasteiger partial charge is 0.282 e. The molecule has 5 rings (SSSR count). The summed E-state index contributed by atoms with van der Waals surface area (Å²) in [5.74, 6) is 0.124. The van der Waals surface area contributed by atoms with Gasteiger partial charge in [0.2, 0.25) is 5.95 Å². The van der Waals surface area contributed by atoms with Crippen LogP contribution in [0.5, 0.6) is 0 Å². The molecule has 0 N–H and O–H groups in total. The molecule has 2 aliphatic rings. The van der Waals surface area contributed by atoms with Crippen LogP contribution in [0.25, 0.3) is 5.57 Å². The number of imide groups is 1. The zero-order valence-corrected chi connectivity index (χ0v) is 17.8. The van der Waals surface area contributed by atoms with E-state index < -0.39 is 0 Å². The topological polar surface area (TPSA) is 69.6 Å². The Bertz CT molecular complexity index is 1190. The number of amides is 2. The van der Waals surface area contributed by atoms with Gasteiger partial charge in [-0.2, -0.15) is 0 Å². The molecule has 1 saturated heterocycles. The lowest BCUT2D eigenvalue weighted by atomic mass is 10.0. The van der Waals surface area contributed by atoms with Crippen molar-refractivity contribution in [1.82, 2.24) is 14.9 Å². The van der Waals surface area contributed by atoms with Gasteiger partial charge in [-0.1, -0.05) is 42.5 Å². The fourth-order valence-corrected chi connectivity index (χ4v) is 4.26. The predicted molar refractivity (Wildman–Crippen MR) is 123 cm³/mol. The fraction of sp³-hybridized carbons (Fsp3) is 0.200. The van der Waals surface area contributed by atoms with E-state index in [2.05, 4.69) is 14.9 Å². The monoisotopic (exact) mass is 425 g/mol. The van der Waals surface area contributed by atoms with Crippen molar-refractivity contribution in [2.45, 2.75) is 6.92 Å². The fourth-order valence-electron chi connectivity index (χ4n) is 4.26. The maximum absolute atomic E-state index is 13.6. The normalized spacial score (nSPS) is 16.8. The van der Waals surface area contributed by atoms with Gasteiger partial charge in [-0.3, -0.25) is 9.59 Å². The van der Waals surface area contributed by atoms with E-state index in [4.69, 9.17) is 0 Å². The van der Waals surface area contributed by atoms with Crippen molar-refractivity contribution in [2.24, 2.45) is 0 Å². The number of benzene rings is 2. The quantitative estimate of drug-likeness (QED) is 0.599. The van der Waals surface area contributed by atoms with Crippen molar-refractivity contribution < 1.29 is 9.59 Å². The lowest BCUT2D eigenvalue weighted by Gasteiger charge is -2.36. The van der Waals surface area contributed by atoms with Crippen LogP contribution in [-0.2, 0) is 9.59 Å². The van der Waals surface area contributed by atoms with E-state index in [1.165, 1.54) is 4.90 Å². The Morgan fingerprint density at radius 2 is 1.44 bits per heavy atom. The summed E-state index contributed by atoms with van der Waals surface area (Å²) in [6.45, 7) is 4.49. The highest BCUT2D eigenvalue weighted by Crippen LogP contribution is 2.35. The van der Waals surface area contributed by atoms with Gasteiger partial charge in [0.05, 0.1) is 11.3 Å². The van der Waals surface area contributed by atoms with Gasteiger partial charge >= 0.3 is 0 Å². The van der Waals surface area contributed by atoms with Gasteiger partial charge in [-0.15, -0.1) is 0 Å². The molecule has 2 aromatic carbocycles. The number of rotatable bonds is 4. The van der Waals surface area contributed by atoms with E-state index in [9.17, 15) is 9.59 Å². The first kappa shape index (κ1) is 19.9. The third kappa shape index (κ3) is 3.51. The standard InChI is InChI=1S/C25H23N5O2/c1-18-7-5-10-20(17-18)30-23(31)21(19-8-3-2-4-9-19)22(24(30)32)28-13-15-29(16-14-28)25-26-11-6-12-27-25/h2-12,17H,13-16H2,1H3. The Kier molecular flexibility index (Phi) is 5.15. The van der Waals surface area contributed by atoms with E-state index in [0.29, 0.717) is 49.1 Å². The summed E-state index contributed by atoms with van der Waals surface area (Å²) in [6.07, 6.45) is 3.45. The van der Waals surface area contributed by atoms with E-state index in [-0.39, 0.29) is 11.8 Å². The van der Waals surface area contributed by atoms with Crippen LogP contribution in [0.3, 0.4) is 0 Å². The highest BCUT2D eigenvalue weighted by Gasteiger charge is 2.43. The summed E-state index contributed by atoms with van der Waals surface area (Å²) < 4.78 is 0. The van der Waals surface area contributed by atoms with Crippen LogP contribution in [0.4, 0.5) is 11.6 Å². The second kappa shape index (κ2) is 8.26. The number of carbonyl (C=O) groups excluding carboxylic acids is 2. The minimum absolute atomic E-state index is 0.274. The number of nitrogens with zero attached hydrogens (tertiary/aromatic N) is 5. The zero-order chi connectivity index (χ0) is 22.1. The van der Waals surface area contributed by atoms with E-state index in [1.54, 1.807) is 24.5 Å². The summed E-state index contributed by atoms with van der Waals surface area (Å²) in [5, 5.41) is 0. The summed E-state index contributed by atoms with van der Waals surface area (Å²) in [6, 6.07) is 18.7. The molecule has 0 saturated carbocycles. The Morgan fingerprint density at radius 3 is 2.12 bits per heavy atom. The van der Waals surface area contributed by atoms with Gasteiger partial charge < -0.3 is 9.80 Å². The maximum atomic E-state index is 13.6. The van der Waals surface area contributed by atoms with Crippen LogP contribution in [0.2, 0.25) is 0 Å². The molecular formula is C25H23N5O2. The molecule has 32 heavy (non-hydrogen) atoms. The number of hydrogen-bond acceptors (Lipinski definition) is 6. The molecule has 0 bridgehead atoms. The minimum Gasteiger partial charge on any atom is -0.363 e. The molecule has 160 valence electrons. The van der Waals surface area contributed by atoms with Crippen molar-refractivity contribution in [3.63, 3.8) is 0 Å². The van der Waals surface area contributed by atoms with E-state index in [0.717, 1.165) is 11.1 Å². The van der Waals surface area contributed by atoms with E-state index in [1.807, 2.05) is 60.4 Å². The largest absolute Gasteiger partial charge is 0.363 e. The molecule has 7 heteroatoms. The van der Waals surface area contributed by atoms with Crippen LogP contribution in [0.1, 0.15) is 11.1 Å². The molecule has 7 nitrogen and oxygen atoms in total. The molecule has 3 aromatic rings. The van der Waals surface area contributed by atoms with Gasteiger partial charge in [-0.25, -0.2) is 14.9 Å². The highest BCUT2D eigenvalue weighted by atomic mass is 16.2. The third-order valence-corrected chi connectivity index (χ3v) is 5.81. The molecule has 0 radical (unpaired) electrons. The molecule has 0 unspecified atom stereocenters. The average Bonchev–Trinajstić information content (AvgIpc) is 3.10. The third-order valence-electron chi connectivity index (χ3n) is 5.81. The molecule has 1 aromatic heterocycles. The Morgan fingerprint density at radius 1 is 0.750 bits per heavy atom. The molecule has 3 heterocycles. The second-order valence-electron chi connectivity index (χ2n) is 7.90. The first-order valence-electron chi connectivity index (χ1n) is 10.7. The van der Waals surface area contributed by atoms with Crippen LogP contribution in [0, 0.1) is 6.92 Å². The molecule has 0 aliphatic carbocycles. The van der Waals surface area contributed by atoms with Gasteiger partial charge in [0.1, 0.15) is 5.70 Å². The van der Waals surface area contributed by atoms with E-state index >= 15 is 0 Å². The van der Waals surface area contributed by atoms with Gasteiger partial charge in [0, 0.05) is 38.6 Å². The number of carbonyl (C=O) groups is 2. The summed E-state index contributed by atoms with van der Waals surface area (Å²) >= 11 is 0. The molecule has 1 fully saturated rings. The number of aromatic nitrogens is 2. The number of hydrogen-bond donors (Lipinski definition) is 0. The van der Waals surface area contributed by atoms with Crippen molar-refractivity contribution >= 4 is 29.0 Å². The van der Waals surface area contributed by atoms with Crippen LogP contribution < -0.4 is 9.80 Å². The van der Waals surface area contributed by atoms with Crippen molar-refractivity contribution in [3.05, 3.63) is 89.9 Å². The lowest BCUT2D eigenvalue weighted by molar-refractivity contribution is -0.120. The second-order valence-corrected chi connectivity index (χ2v) is 7.90. The van der Waals surface area contributed by atoms with Crippen molar-refractivity contribution in [1.29, 1.82) is 0 Å². The van der Waals surface area contributed by atoms with Crippen molar-refractivity contribution in [3.8, 4) is 0 Å². The molecular weight excluding hydrogens is 402 g/mol. The number of anilines is 2. The predicted octanol–water partition coefficient (Wildman–Crippen LogP) is 2.89. The molecule has 0 spiro atoms. The summed E-state index contributed by atoms with van der Waals surface area (Å²) in [7, 11) is 0. The van der Waals surface area contributed by atoms with Crippen LogP contribution in [-0.4, -0.2) is 52.9 Å². The number of piperazine rings is 1. The van der Waals surface area contributed by atoms with Crippen molar-refractivity contribution in [2.75, 3.05) is 36.0 Å².